The van der Waals surface area contributed by atoms with Crippen LogP contribution in [0.5, 0.6) is 5.75 Å². The molecule has 0 spiro atoms. The fourth-order valence-electron chi connectivity index (χ4n) is 2.78. The van der Waals surface area contributed by atoms with Gasteiger partial charge in [-0.3, -0.25) is 10.1 Å². The van der Waals surface area contributed by atoms with E-state index in [1.807, 2.05) is 6.07 Å². The van der Waals surface area contributed by atoms with Crippen LogP contribution in [-0.4, -0.2) is 22.7 Å². The Kier molecular flexibility index (Phi) is 5.39. The van der Waals surface area contributed by atoms with Gasteiger partial charge >= 0.3 is 0 Å². The van der Waals surface area contributed by atoms with Crippen molar-refractivity contribution in [3.63, 3.8) is 0 Å². The first-order valence-corrected chi connectivity index (χ1v) is 8.83. The smallest absolute Gasteiger partial charge is 0.264 e. The van der Waals surface area contributed by atoms with Crippen molar-refractivity contribution in [3.05, 3.63) is 34.8 Å². The lowest BCUT2D eigenvalue weighted by molar-refractivity contribution is -0.118. The Morgan fingerprint density at radius 3 is 2.88 bits per heavy atom. The van der Waals surface area contributed by atoms with Crippen molar-refractivity contribution < 1.29 is 9.53 Å². The Bertz CT molecular complexity index is 747. The molecule has 0 bridgehead atoms. The maximum atomic E-state index is 12.0. The Labute approximate surface area is 144 Å². The van der Waals surface area contributed by atoms with Gasteiger partial charge in [0.15, 0.2) is 6.61 Å². The second kappa shape index (κ2) is 7.88. The van der Waals surface area contributed by atoms with Gasteiger partial charge < -0.3 is 4.74 Å². The third kappa shape index (κ3) is 4.09. The Balaban J connectivity index is 1.53. The van der Waals surface area contributed by atoms with Crippen LogP contribution in [0, 0.1) is 11.3 Å². The second-order valence-corrected chi connectivity index (χ2v) is 6.73. The number of carbonyl (C=O) groups is 1. The minimum absolute atomic E-state index is 0.170. The fourth-order valence-corrected chi connectivity index (χ4v) is 3.71. The SMILES string of the molecule is N#Cc1ccccc1OCC(=O)Nc1nnc(C2CCCCC2)s1. The van der Waals surface area contributed by atoms with Gasteiger partial charge in [0.05, 0.1) is 5.56 Å². The van der Waals surface area contributed by atoms with Gasteiger partial charge in [-0.2, -0.15) is 5.26 Å². The second-order valence-electron chi connectivity index (χ2n) is 5.73. The van der Waals surface area contributed by atoms with Gasteiger partial charge in [0.2, 0.25) is 5.13 Å². The van der Waals surface area contributed by atoms with Crippen LogP contribution < -0.4 is 10.1 Å². The molecule has 1 aromatic carbocycles. The zero-order chi connectivity index (χ0) is 16.8. The van der Waals surface area contributed by atoms with Gasteiger partial charge in [0.25, 0.3) is 5.91 Å². The summed E-state index contributed by atoms with van der Waals surface area (Å²) >= 11 is 1.43. The molecule has 24 heavy (non-hydrogen) atoms. The topological polar surface area (TPSA) is 87.9 Å². The van der Waals surface area contributed by atoms with E-state index in [2.05, 4.69) is 15.5 Å². The molecule has 0 saturated heterocycles. The van der Waals surface area contributed by atoms with E-state index in [-0.39, 0.29) is 12.5 Å². The maximum absolute atomic E-state index is 12.0. The van der Waals surface area contributed by atoms with Crippen molar-refractivity contribution in [2.45, 2.75) is 38.0 Å². The van der Waals surface area contributed by atoms with Crippen molar-refractivity contribution >= 4 is 22.4 Å². The van der Waals surface area contributed by atoms with E-state index >= 15 is 0 Å². The number of nitrogens with zero attached hydrogens (tertiary/aromatic N) is 3. The molecule has 1 aliphatic carbocycles. The summed E-state index contributed by atoms with van der Waals surface area (Å²) in [5, 5.41) is 21.5. The molecule has 0 unspecified atom stereocenters. The monoisotopic (exact) mass is 342 g/mol. The summed E-state index contributed by atoms with van der Waals surface area (Å²) < 4.78 is 5.41. The third-order valence-electron chi connectivity index (χ3n) is 4.01. The largest absolute Gasteiger partial charge is 0.482 e. The van der Waals surface area contributed by atoms with E-state index in [0.29, 0.717) is 22.4 Å². The Morgan fingerprint density at radius 2 is 2.08 bits per heavy atom. The average Bonchev–Trinajstić information content (AvgIpc) is 3.09. The van der Waals surface area contributed by atoms with E-state index in [1.165, 1.54) is 30.6 Å². The molecule has 1 heterocycles. The van der Waals surface area contributed by atoms with Crippen molar-refractivity contribution in [1.82, 2.24) is 10.2 Å². The molecule has 1 saturated carbocycles. The first-order chi connectivity index (χ1) is 11.8. The van der Waals surface area contributed by atoms with E-state index < -0.39 is 0 Å². The highest BCUT2D eigenvalue weighted by molar-refractivity contribution is 7.15. The molecule has 7 heteroatoms. The summed E-state index contributed by atoms with van der Waals surface area (Å²) in [4.78, 5) is 12.0. The van der Waals surface area contributed by atoms with Gasteiger partial charge in [0.1, 0.15) is 16.8 Å². The van der Waals surface area contributed by atoms with Crippen LogP contribution in [-0.2, 0) is 4.79 Å². The summed E-state index contributed by atoms with van der Waals surface area (Å²) in [6, 6.07) is 8.85. The van der Waals surface area contributed by atoms with Gasteiger partial charge in [0, 0.05) is 5.92 Å². The van der Waals surface area contributed by atoms with Crippen LogP contribution in [0.25, 0.3) is 0 Å². The fraction of sp³-hybridized carbons (Fsp3) is 0.412. The summed E-state index contributed by atoms with van der Waals surface area (Å²) in [5.41, 5.74) is 0.404. The molecule has 0 radical (unpaired) electrons. The number of hydrogen-bond donors (Lipinski definition) is 1. The average molecular weight is 342 g/mol. The number of benzene rings is 1. The maximum Gasteiger partial charge on any atom is 0.264 e. The van der Waals surface area contributed by atoms with Crippen LogP contribution in [0.1, 0.15) is 48.6 Å². The molecule has 3 rings (SSSR count). The molecule has 1 N–H and O–H groups in total. The number of amides is 1. The zero-order valence-electron chi connectivity index (χ0n) is 13.2. The molecule has 0 aliphatic heterocycles. The lowest BCUT2D eigenvalue weighted by atomic mass is 9.90. The van der Waals surface area contributed by atoms with Gasteiger partial charge in [-0.1, -0.05) is 42.7 Å². The highest BCUT2D eigenvalue weighted by Crippen LogP contribution is 2.35. The number of anilines is 1. The lowest BCUT2D eigenvalue weighted by Gasteiger charge is -2.18. The normalized spacial score (nSPS) is 14.8. The van der Waals surface area contributed by atoms with Gasteiger partial charge in [-0.15, -0.1) is 10.2 Å². The Morgan fingerprint density at radius 1 is 1.29 bits per heavy atom. The number of rotatable bonds is 5. The number of ether oxygens (including phenoxy) is 1. The Hall–Kier alpha value is -2.46. The van der Waals surface area contributed by atoms with E-state index in [9.17, 15) is 4.79 Å². The van der Waals surface area contributed by atoms with Crippen LogP contribution in [0.4, 0.5) is 5.13 Å². The van der Waals surface area contributed by atoms with Gasteiger partial charge in [-0.05, 0) is 25.0 Å². The summed E-state index contributed by atoms with van der Waals surface area (Å²) in [7, 11) is 0. The van der Waals surface area contributed by atoms with Crippen molar-refractivity contribution in [1.29, 1.82) is 5.26 Å². The highest BCUT2D eigenvalue weighted by atomic mass is 32.1. The van der Waals surface area contributed by atoms with E-state index in [0.717, 1.165) is 17.8 Å². The molecule has 6 nitrogen and oxygen atoms in total. The lowest BCUT2D eigenvalue weighted by Crippen LogP contribution is -2.20. The number of carbonyl (C=O) groups excluding carboxylic acids is 1. The highest BCUT2D eigenvalue weighted by Gasteiger charge is 2.20. The molecule has 1 fully saturated rings. The molecular formula is C17H18N4O2S. The summed E-state index contributed by atoms with van der Waals surface area (Å²) in [6.07, 6.45) is 6.06. The third-order valence-corrected chi connectivity index (χ3v) is 5.01. The number of aromatic nitrogens is 2. The number of hydrogen-bond acceptors (Lipinski definition) is 6. The first kappa shape index (κ1) is 16.4. The predicted octanol–water partition coefficient (Wildman–Crippen LogP) is 3.47. The van der Waals surface area contributed by atoms with Crippen molar-refractivity contribution in [3.8, 4) is 11.8 Å². The molecule has 0 atom stereocenters. The summed E-state index contributed by atoms with van der Waals surface area (Å²) in [5.74, 6) is 0.560. The molecule has 1 amide bonds. The predicted molar refractivity (Wildman–Crippen MR) is 91.0 cm³/mol. The standard InChI is InChI=1S/C17H18N4O2S/c18-10-13-8-4-5-9-14(13)23-11-15(22)19-17-21-20-16(24-17)12-6-2-1-3-7-12/h4-5,8-9,12H,1-3,6-7,11H2,(H,19,21,22). The van der Waals surface area contributed by atoms with E-state index in [1.54, 1.807) is 24.3 Å². The summed E-state index contributed by atoms with van der Waals surface area (Å²) in [6.45, 7) is -0.170. The molecule has 2 aromatic rings. The van der Waals surface area contributed by atoms with Gasteiger partial charge in [-0.25, -0.2) is 0 Å². The van der Waals surface area contributed by atoms with E-state index in [4.69, 9.17) is 10.00 Å². The number of nitrogens with one attached hydrogen (secondary N) is 1. The minimum Gasteiger partial charge on any atom is -0.482 e. The minimum atomic E-state index is -0.311. The molecule has 1 aromatic heterocycles. The number of para-hydroxylation sites is 1. The van der Waals surface area contributed by atoms with Crippen LogP contribution in [0.3, 0.4) is 0 Å². The van der Waals surface area contributed by atoms with Crippen molar-refractivity contribution in [2.24, 2.45) is 0 Å². The molecular weight excluding hydrogens is 324 g/mol. The van der Waals surface area contributed by atoms with Crippen LogP contribution in [0.15, 0.2) is 24.3 Å². The first-order valence-electron chi connectivity index (χ1n) is 8.01. The quantitative estimate of drug-likeness (QED) is 0.899. The number of nitriles is 1. The van der Waals surface area contributed by atoms with Crippen LogP contribution >= 0.6 is 11.3 Å². The molecule has 124 valence electrons. The molecule has 1 aliphatic rings. The zero-order valence-corrected chi connectivity index (χ0v) is 14.0. The van der Waals surface area contributed by atoms with Crippen molar-refractivity contribution in [2.75, 3.05) is 11.9 Å². The van der Waals surface area contributed by atoms with Crippen LogP contribution in [0.2, 0.25) is 0 Å².